The van der Waals surface area contributed by atoms with Gasteiger partial charge in [-0.05, 0) is 56.5 Å². The van der Waals surface area contributed by atoms with Crippen LogP contribution in [0.5, 0.6) is 0 Å². The molecule has 1 saturated carbocycles. The number of nitrogens with one attached hydrogen (secondary N) is 1. The van der Waals surface area contributed by atoms with Gasteiger partial charge in [0.15, 0.2) is 0 Å². The molecule has 0 aliphatic heterocycles. The second-order valence-corrected chi connectivity index (χ2v) is 5.28. The van der Waals surface area contributed by atoms with E-state index in [4.69, 9.17) is 0 Å². The lowest BCUT2D eigenvalue weighted by molar-refractivity contribution is 0.687. The first-order chi connectivity index (χ1) is 8.74. The van der Waals surface area contributed by atoms with Crippen LogP contribution in [0.4, 0.5) is 0 Å². The summed E-state index contributed by atoms with van der Waals surface area (Å²) in [6, 6.07) is 13.9. The molecule has 3 rings (SSSR count). The van der Waals surface area contributed by atoms with E-state index >= 15 is 0 Å². The minimum Gasteiger partial charge on any atom is -0.319 e. The Labute approximate surface area is 109 Å². The number of hydrogen-bond donors (Lipinski definition) is 1. The molecule has 0 bridgehead atoms. The molecule has 0 atom stereocenters. The van der Waals surface area contributed by atoms with Gasteiger partial charge < -0.3 is 9.88 Å². The summed E-state index contributed by atoms with van der Waals surface area (Å²) in [6.07, 6.45) is 2.69. The molecule has 1 fully saturated rings. The summed E-state index contributed by atoms with van der Waals surface area (Å²) in [5.41, 5.74) is 5.22. The lowest BCUT2D eigenvalue weighted by Gasteiger charge is -2.11. The van der Waals surface area contributed by atoms with Gasteiger partial charge in [0, 0.05) is 29.7 Å². The van der Waals surface area contributed by atoms with Gasteiger partial charge in [-0.3, -0.25) is 0 Å². The van der Waals surface area contributed by atoms with Gasteiger partial charge in [-0.15, -0.1) is 0 Å². The molecule has 1 N–H and O–H groups in total. The van der Waals surface area contributed by atoms with E-state index in [1.807, 2.05) is 0 Å². The molecule has 1 aliphatic rings. The number of nitrogens with zero attached hydrogens (tertiary/aromatic N) is 1. The summed E-state index contributed by atoms with van der Waals surface area (Å²) < 4.78 is 2.31. The Hall–Kier alpha value is -1.54. The maximum atomic E-state index is 3.57. The molecule has 2 aromatic rings. The molecule has 1 aliphatic carbocycles. The minimum absolute atomic E-state index is 0.767. The highest BCUT2D eigenvalue weighted by atomic mass is 15.0. The Kier molecular flexibility index (Phi) is 2.96. The van der Waals surface area contributed by atoms with Crippen LogP contribution < -0.4 is 5.32 Å². The Morgan fingerprint density at radius 1 is 1.11 bits per heavy atom. The van der Waals surface area contributed by atoms with Gasteiger partial charge in [-0.1, -0.05) is 12.1 Å². The van der Waals surface area contributed by atoms with Crippen molar-refractivity contribution in [1.29, 1.82) is 0 Å². The van der Waals surface area contributed by atoms with Crippen LogP contribution in [0.15, 0.2) is 36.4 Å². The zero-order valence-corrected chi connectivity index (χ0v) is 11.1. The third-order valence-corrected chi connectivity index (χ3v) is 3.61. The highest BCUT2D eigenvalue weighted by Gasteiger charge is 2.19. The summed E-state index contributed by atoms with van der Waals surface area (Å²) >= 11 is 0. The predicted octanol–water partition coefficient (Wildman–Crippen LogP) is 3.35. The smallest absolute Gasteiger partial charge is 0.0458 e. The normalized spacial score (nSPS) is 15.0. The van der Waals surface area contributed by atoms with Crippen LogP contribution in [0.2, 0.25) is 0 Å². The lowest BCUT2D eigenvalue weighted by atomic mass is 10.2. The maximum absolute atomic E-state index is 3.57. The van der Waals surface area contributed by atoms with Crippen molar-refractivity contribution in [3.8, 4) is 5.69 Å². The molecule has 0 radical (unpaired) electrons. The van der Waals surface area contributed by atoms with Crippen molar-refractivity contribution < 1.29 is 0 Å². The molecule has 94 valence electrons. The lowest BCUT2D eigenvalue weighted by Crippen LogP contribution is -2.15. The quantitative estimate of drug-likeness (QED) is 0.867. The molecule has 2 nitrogen and oxygen atoms in total. The standard InChI is InChI=1S/C16H20N2/c1-12-6-7-13(2)18(12)16-5-3-4-14(10-16)11-17-15-8-9-15/h3-7,10,15,17H,8-9,11H2,1-2H3. The Morgan fingerprint density at radius 3 is 2.50 bits per heavy atom. The highest BCUT2D eigenvalue weighted by molar-refractivity contribution is 5.40. The van der Waals surface area contributed by atoms with Crippen molar-refractivity contribution >= 4 is 0 Å². The SMILES string of the molecule is Cc1ccc(C)n1-c1cccc(CNC2CC2)c1. The number of benzene rings is 1. The van der Waals surface area contributed by atoms with Crippen molar-refractivity contribution in [2.24, 2.45) is 0 Å². The monoisotopic (exact) mass is 240 g/mol. The summed E-state index contributed by atoms with van der Waals surface area (Å²) in [6.45, 7) is 5.29. The first kappa shape index (κ1) is 11.5. The van der Waals surface area contributed by atoms with Crippen molar-refractivity contribution in [3.63, 3.8) is 0 Å². The number of aryl methyl sites for hydroxylation is 2. The summed E-state index contributed by atoms with van der Waals surface area (Å²) in [4.78, 5) is 0. The van der Waals surface area contributed by atoms with Gasteiger partial charge >= 0.3 is 0 Å². The van der Waals surface area contributed by atoms with Crippen LogP contribution >= 0.6 is 0 Å². The van der Waals surface area contributed by atoms with E-state index in [9.17, 15) is 0 Å². The zero-order chi connectivity index (χ0) is 12.5. The van der Waals surface area contributed by atoms with E-state index in [0.717, 1.165) is 12.6 Å². The summed E-state index contributed by atoms with van der Waals surface area (Å²) in [5.74, 6) is 0. The third-order valence-electron chi connectivity index (χ3n) is 3.61. The van der Waals surface area contributed by atoms with Crippen LogP contribution in [0.3, 0.4) is 0 Å². The molecule has 0 spiro atoms. The Morgan fingerprint density at radius 2 is 1.83 bits per heavy atom. The zero-order valence-electron chi connectivity index (χ0n) is 11.1. The first-order valence-electron chi connectivity index (χ1n) is 6.72. The van der Waals surface area contributed by atoms with Crippen molar-refractivity contribution in [1.82, 2.24) is 9.88 Å². The first-order valence-corrected chi connectivity index (χ1v) is 6.72. The molecule has 0 unspecified atom stereocenters. The largest absolute Gasteiger partial charge is 0.319 e. The van der Waals surface area contributed by atoms with E-state index in [1.165, 1.54) is 35.5 Å². The third kappa shape index (κ3) is 2.34. The number of rotatable bonds is 4. The van der Waals surface area contributed by atoms with Crippen molar-refractivity contribution in [3.05, 3.63) is 53.3 Å². The molecule has 18 heavy (non-hydrogen) atoms. The van der Waals surface area contributed by atoms with E-state index in [0.29, 0.717) is 0 Å². The van der Waals surface area contributed by atoms with Gasteiger partial charge in [0.2, 0.25) is 0 Å². The van der Waals surface area contributed by atoms with E-state index < -0.39 is 0 Å². The fourth-order valence-electron chi connectivity index (χ4n) is 2.43. The molecule has 0 saturated heterocycles. The van der Waals surface area contributed by atoms with Gasteiger partial charge in [-0.2, -0.15) is 0 Å². The van der Waals surface area contributed by atoms with Crippen molar-refractivity contribution in [2.45, 2.75) is 39.3 Å². The van der Waals surface area contributed by atoms with Crippen LogP contribution in [0, 0.1) is 13.8 Å². The van der Waals surface area contributed by atoms with Crippen LogP contribution in [0.1, 0.15) is 29.8 Å². The van der Waals surface area contributed by atoms with Crippen LogP contribution in [-0.4, -0.2) is 10.6 Å². The topological polar surface area (TPSA) is 17.0 Å². The molecule has 2 heteroatoms. The van der Waals surface area contributed by atoms with Crippen molar-refractivity contribution in [2.75, 3.05) is 0 Å². The molecular formula is C16H20N2. The predicted molar refractivity (Wildman–Crippen MR) is 75.1 cm³/mol. The van der Waals surface area contributed by atoms with E-state index in [2.05, 4.69) is 60.1 Å². The molecule has 1 aromatic heterocycles. The second-order valence-electron chi connectivity index (χ2n) is 5.28. The molecule has 1 aromatic carbocycles. The fraction of sp³-hybridized carbons (Fsp3) is 0.375. The minimum atomic E-state index is 0.767. The van der Waals surface area contributed by atoms with E-state index in [1.54, 1.807) is 0 Å². The summed E-state index contributed by atoms with van der Waals surface area (Å²) in [7, 11) is 0. The van der Waals surface area contributed by atoms with Gasteiger partial charge in [-0.25, -0.2) is 0 Å². The van der Waals surface area contributed by atoms with Crippen LogP contribution in [0.25, 0.3) is 5.69 Å². The average molecular weight is 240 g/mol. The van der Waals surface area contributed by atoms with Crippen LogP contribution in [-0.2, 0) is 6.54 Å². The Balaban J connectivity index is 1.85. The highest BCUT2D eigenvalue weighted by Crippen LogP contribution is 2.21. The van der Waals surface area contributed by atoms with Gasteiger partial charge in [0.05, 0.1) is 0 Å². The molecule has 0 amide bonds. The molecule has 1 heterocycles. The van der Waals surface area contributed by atoms with E-state index in [-0.39, 0.29) is 0 Å². The number of hydrogen-bond acceptors (Lipinski definition) is 1. The second kappa shape index (κ2) is 4.62. The summed E-state index contributed by atoms with van der Waals surface area (Å²) in [5, 5.41) is 3.57. The Bertz CT molecular complexity index is 530. The van der Waals surface area contributed by atoms with Gasteiger partial charge in [0.25, 0.3) is 0 Å². The average Bonchev–Trinajstić information content (AvgIpc) is 3.13. The fourth-order valence-corrected chi connectivity index (χ4v) is 2.43. The van der Waals surface area contributed by atoms with Gasteiger partial charge in [0.1, 0.15) is 0 Å². The molecular weight excluding hydrogens is 220 g/mol. The maximum Gasteiger partial charge on any atom is 0.0458 e. The number of aromatic nitrogens is 1.